The molecule has 0 aliphatic rings. The second kappa shape index (κ2) is 8.01. The van der Waals surface area contributed by atoms with Crippen LogP contribution in [0, 0.1) is 0 Å². The molecular weight excluding hydrogens is 316 g/mol. The van der Waals surface area contributed by atoms with Crippen molar-refractivity contribution in [2.24, 2.45) is 0 Å². The fourth-order valence-corrected chi connectivity index (χ4v) is 2.30. The van der Waals surface area contributed by atoms with E-state index in [1.54, 1.807) is 6.20 Å². The highest BCUT2D eigenvalue weighted by Crippen LogP contribution is 2.23. The lowest BCUT2D eigenvalue weighted by molar-refractivity contribution is -0.140. The van der Waals surface area contributed by atoms with Gasteiger partial charge in [0.05, 0.1) is 19.2 Å². The van der Waals surface area contributed by atoms with Crippen LogP contribution in [0.15, 0.2) is 60.8 Å². The second-order valence-corrected chi connectivity index (χ2v) is 5.30. The Bertz CT molecular complexity index is 781. The van der Waals surface area contributed by atoms with Crippen LogP contribution in [0.3, 0.4) is 0 Å². The first-order chi connectivity index (χ1) is 12.3. The van der Waals surface area contributed by atoms with Gasteiger partial charge >= 0.3 is 5.97 Å². The molecule has 0 aliphatic carbocycles. The van der Waals surface area contributed by atoms with E-state index >= 15 is 0 Å². The standard InChI is InChI=1S/C19H18N4O2/c1-25-18(24)10-12-21-17-13-16(14-7-3-2-4-8-14)22-19(23-17)15-9-5-6-11-20-15/h2-9,11,13H,10,12H2,1H3,(H,21,22,23). The lowest BCUT2D eigenvalue weighted by atomic mass is 10.1. The molecule has 25 heavy (non-hydrogen) atoms. The number of anilines is 1. The third-order valence-electron chi connectivity index (χ3n) is 3.55. The van der Waals surface area contributed by atoms with E-state index in [2.05, 4.69) is 25.0 Å². The van der Waals surface area contributed by atoms with Crippen molar-refractivity contribution in [3.63, 3.8) is 0 Å². The molecule has 2 heterocycles. The van der Waals surface area contributed by atoms with Crippen LogP contribution in [-0.4, -0.2) is 34.6 Å². The van der Waals surface area contributed by atoms with Crippen LogP contribution in [0.5, 0.6) is 0 Å². The zero-order valence-electron chi connectivity index (χ0n) is 13.8. The van der Waals surface area contributed by atoms with Gasteiger partial charge in [0, 0.05) is 24.4 Å². The van der Waals surface area contributed by atoms with Crippen molar-refractivity contribution in [2.75, 3.05) is 19.0 Å². The van der Waals surface area contributed by atoms with Gasteiger partial charge in [-0.05, 0) is 12.1 Å². The molecule has 2 aromatic heterocycles. The molecule has 0 spiro atoms. The van der Waals surface area contributed by atoms with Crippen LogP contribution in [0.2, 0.25) is 0 Å². The summed E-state index contributed by atoms with van der Waals surface area (Å²) in [4.78, 5) is 24.7. The average molecular weight is 334 g/mol. The molecule has 0 bridgehead atoms. The Hall–Kier alpha value is -3.28. The number of benzene rings is 1. The SMILES string of the molecule is COC(=O)CCNc1cc(-c2ccccc2)nc(-c2ccccn2)n1. The van der Waals surface area contributed by atoms with Gasteiger partial charge in [0.2, 0.25) is 0 Å². The van der Waals surface area contributed by atoms with Crippen LogP contribution in [0.1, 0.15) is 6.42 Å². The van der Waals surface area contributed by atoms with E-state index in [0.29, 0.717) is 23.9 Å². The zero-order valence-corrected chi connectivity index (χ0v) is 13.8. The fraction of sp³-hybridized carbons (Fsp3) is 0.158. The minimum Gasteiger partial charge on any atom is -0.469 e. The van der Waals surface area contributed by atoms with Crippen LogP contribution < -0.4 is 5.32 Å². The number of aromatic nitrogens is 3. The van der Waals surface area contributed by atoms with Crippen molar-refractivity contribution in [1.29, 1.82) is 0 Å². The number of ether oxygens (including phenoxy) is 1. The number of esters is 1. The summed E-state index contributed by atoms with van der Waals surface area (Å²) in [5.41, 5.74) is 2.46. The molecule has 6 nitrogen and oxygen atoms in total. The van der Waals surface area contributed by atoms with Crippen molar-refractivity contribution in [2.45, 2.75) is 6.42 Å². The summed E-state index contributed by atoms with van der Waals surface area (Å²) in [6.45, 7) is 0.430. The lowest BCUT2D eigenvalue weighted by Gasteiger charge is -2.10. The molecule has 0 amide bonds. The molecular formula is C19H18N4O2. The predicted molar refractivity (Wildman–Crippen MR) is 95.8 cm³/mol. The van der Waals surface area contributed by atoms with Gasteiger partial charge < -0.3 is 10.1 Å². The number of carbonyl (C=O) groups excluding carboxylic acids is 1. The molecule has 6 heteroatoms. The molecule has 0 aliphatic heterocycles. The van der Waals surface area contributed by atoms with E-state index in [-0.39, 0.29) is 12.4 Å². The monoisotopic (exact) mass is 334 g/mol. The van der Waals surface area contributed by atoms with E-state index in [1.807, 2.05) is 54.6 Å². The van der Waals surface area contributed by atoms with Gasteiger partial charge in [0.15, 0.2) is 5.82 Å². The topological polar surface area (TPSA) is 77.0 Å². The summed E-state index contributed by atoms with van der Waals surface area (Å²) >= 11 is 0. The molecule has 0 unspecified atom stereocenters. The normalized spacial score (nSPS) is 10.3. The van der Waals surface area contributed by atoms with E-state index in [4.69, 9.17) is 0 Å². The zero-order chi connectivity index (χ0) is 17.5. The third-order valence-corrected chi connectivity index (χ3v) is 3.55. The number of carbonyl (C=O) groups is 1. The minimum atomic E-state index is -0.269. The Kier molecular flexibility index (Phi) is 5.31. The maximum atomic E-state index is 11.3. The minimum absolute atomic E-state index is 0.264. The molecule has 126 valence electrons. The number of nitrogens with zero attached hydrogens (tertiary/aromatic N) is 3. The highest BCUT2D eigenvalue weighted by molar-refractivity contribution is 5.70. The summed E-state index contributed by atoms with van der Waals surface area (Å²) in [5, 5.41) is 3.15. The summed E-state index contributed by atoms with van der Waals surface area (Å²) in [7, 11) is 1.37. The Balaban J connectivity index is 1.92. The number of hydrogen-bond acceptors (Lipinski definition) is 6. The largest absolute Gasteiger partial charge is 0.469 e. The molecule has 0 saturated heterocycles. The van der Waals surface area contributed by atoms with Gasteiger partial charge in [-0.1, -0.05) is 36.4 Å². The number of hydrogen-bond donors (Lipinski definition) is 1. The quantitative estimate of drug-likeness (QED) is 0.698. The molecule has 0 radical (unpaired) electrons. The molecule has 3 rings (SSSR count). The smallest absolute Gasteiger partial charge is 0.307 e. The second-order valence-electron chi connectivity index (χ2n) is 5.30. The number of methoxy groups -OCH3 is 1. The Morgan fingerprint density at radius 1 is 1.04 bits per heavy atom. The molecule has 0 saturated carbocycles. The number of rotatable bonds is 6. The van der Waals surface area contributed by atoms with E-state index < -0.39 is 0 Å². The highest BCUT2D eigenvalue weighted by Gasteiger charge is 2.10. The van der Waals surface area contributed by atoms with Crippen molar-refractivity contribution in [3.05, 3.63) is 60.8 Å². The molecule has 0 atom stereocenters. The van der Waals surface area contributed by atoms with Crippen LogP contribution >= 0.6 is 0 Å². The van der Waals surface area contributed by atoms with Crippen molar-refractivity contribution < 1.29 is 9.53 Å². The van der Waals surface area contributed by atoms with Crippen molar-refractivity contribution in [3.8, 4) is 22.8 Å². The maximum absolute atomic E-state index is 11.3. The van der Waals surface area contributed by atoms with E-state index in [0.717, 1.165) is 11.3 Å². The molecule has 3 aromatic rings. The fourth-order valence-electron chi connectivity index (χ4n) is 2.30. The predicted octanol–water partition coefficient (Wildman–Crippen LogP) is 3.18. The van der Waals surface area contributed by atoms with Crippen molar-refractivity contribution >= 4 is 11.8 Å². The first-order valence-corrected chi connectivity index (χ1v) is 7.93. The highest BCUT2D eigenvalue weighted by atomic mass is 16.5. The Morgan fingerprint density at radius 2 is 1.84 bits per heavy atom. The first kappa shape index (κ1) is 16.6. The van der Waals surface area contributed by atoms with Crippen molar-refractivity contribution in [1.82, 2.24) is 15.0 Å². The molecule has 0 fully saturated rings. The molecule has 1 N–H and O–H groups in total. The van der Waals surface area contributed by atoms with Crippen LogP contribution in [0.4, 0.5) is 5.82 Å². The summed E-state index contributed by atoms with van der Waals surface area (Å²) in [6.07, 6.45) is 1.97. The third kappa shape index (κ3) is 4.38. The summed E-state index contributed by atoms with van der Waals surface area (Å²) < 4.78 is 4.65. The maximum Gasteiger partial charge on any atom is 0.307 e. The van der Waals surface area contributed by atoms with Gasteiger partial charge in [-0.3, -0.25) is 9.78 Å². The average Bonchev–Trinajstić information content (AvgIpc) is 2.69. The number of pyridine rings is 1. The van der Waals surface area contributed by atoms with Gasteiger partial charge in [0.1, 0.15) is 11.5 Å². The number of nitrogens with one attached hydrogen (secondary N) is 1. The van der Waals surface area contributed by atoms with Crippen LogP contribution in [0.25, 0.3) is 22.8 Å². The Labute approximate surface area is 145 Å². The van der Waals surface area contributed by atoms with Crippen LogP contribution in [-0.2, 0) is 9.53 Å². The Morgan fingerprint density at radius 3 is 2.56 bits per heavy atom. The summed E-state index contributed by atoms with van der Waals surface area (Å²) in [5.74, 6) is 0.899. The van der Waals surface area contributed by atoms with Gasteiger partial charge in [-0.2, -0.15) is 0 Å². The van der Waals surface area contributed by atoms with E-state index in [1.165, 1.54) is 7.11 Å². The summed E-state index contributed by atoms with van der Waals surface area (Å²) in [6, 6.07) is 17.3. The molecule has 1 aromatic carbocycles. The first-order valence-electron chi connectivity index (χ1n) is 7.93. The van der Waals surface area contributed by atoms with Gasteiger partial charge in [-0.15, -0.1) is 0 Å². The van der Waals surface area contributed by atoms with E-state index in [9.17, 15) is 4.79 Å². The van der Waals surface area contributed by atoms with Gasteiger partial charge in [-0.25, -0.2) is 9.97 Å². The van der Waals surface area contributed by atoms with Gasteiger partial charge in [0.25, 0.3) is 0 Å². The lowest BCUT2D eigenvalue weighted by Crippen LogP contribution is -2.11.